The smallest absolute Gasteiger partial charge is 0.193 e. The lowest BCUT2D eigenvalue weighted by atomic mass is 10.1. The van der Waals surface area contributed by atoms with E-state index in [1.165, 1.54) is 0 Å². The van der Waals surface area contributed by atoms with Crippen LogP contribution >= 0.6 is 24.0 Å². The molecule has 2 rings (SSSR count). The first-order valence-electron chi connectivity index (χ1n) is 9.16. The van der Waals surface area contributed by atoms with E-state index < -0.39 is 0 Å². The lowest BCUT2D eigenvalue weighted by Crippen LogP contribution is -2.47. The maximum Gasteiger partial charge on any atom is 0.193 e. The highest BCUT2D eigenvalue weighted by Crippen LogP contribution is 2.18. The number of likely N-dealkylation sites (tertiary alicyclic amines) is 1. The van der Waals surface area contributed by atoms with E-state index in [9.17, 15) is 0 Å². The molecule has 1 aliphatic rings. The van der Waals surface area contributed by atoms with Gasteiger partial charge in [0.05, 0.1) is 0 Å². The summed E-state index contributed by atoms with van der Waals surface area (Å²) in [5, 5.41) is 3.40. The largest absolute Gasteiger partial charge is 0.490 e. The minimum atomic E-state index is 0. The molecule has 142 valence electrons. The van der Waals surface area contributed by atoms with Crippen LogP contribution in [0.4, 0.5) is 0 Å². The van der Waals surface area contributed by atoms with Gasteiger partial charge in [0.1, 0.15) is 11.9 Å². The first-order valence-corrected chi connectivity index (χ1v) is 9.16. The number of nitrogens with one attached hydrogen (secondary N) is 1. The molecule has 1 fully saturated rings. The molecule has 1 saturated heterocycles. The number of piperidine rings is 1. The number of benzene rings is 1. The van der Waals surface area contributed by atoms with Gasteiger partial charge in [-0.3, -0.25) is 4.99 Å². The molecule has 0 bridgehead atoms. The van der Waals surface area contributed by atoms with Gasteiger partial charge < -0.3 is 19.7 Å². The molecule has 1 heterocycles. The molecule has 5 nitrogen and oxygen atoms in total. The highest BCUT2D eigenvalue weighted by atomic mass is 127. The van der Waals surface area contributed by atoms with Crippen LogP contribution in [0.5, 0.6) is 5.75 Å². The summed E-state index contributed by atoms with van der Waals surface area (Å²) in [6.45, 7) is 9.36. The predicted molar refractivity (Wildman–Crippen MR) is 114 cm³/mol. The van der Waals surface area contributed by atoms with Crippen LogP contribution < -0.4 is 10.1 Å². The van der Waals surface area contributed by atoms with Crippen molar-refractivity contribution in [1.82, 2.24) is 10.2 Å². The van der Waals surface area contributed by atoms with E-state index in [4.69, 9.17) is 14.5 Å². The third kappa shape index (κ3) is 8.27. The summed E-state index contributed by atoms with van der Waals surface area (Å²) < 4.78 is 11.4. The van der Waals surface area contributed by atoms with Crippen LogP contribution in [0, 0.1) is 0 Å². The Morgan fingerprint density at radius 2 is 1.92 bits per heavy atom. The molecule has 0 amide bonds. The van der Waals surface area contributed by atoms with Crippen molar-refractivity contribution < 1.29 is 9.47 Å². The van der Waals surface area contributed by atoms with Gasteiger partial charge in [-0.05, 0) is 32.4 Å². The Morgan fingerprint density at radius 1 is 1.20 bits per heavy atom. The molecule has 1 aromatic carbocycles. The first-order chi connectivity index (χ1) is 11.8. The second-order valence-electron chi connectivity index (χ2n) is 5.90. The van der Waals surface area contributed by atoms with Crippen molar-refractivity contribution in [1.29, 1.82) is 0 Å². The molecule has 6 heteroatoms. The predicted octanol–water partition coefficient (Wildman–Crippen LogP) is 3.54. The molecule has 0 aliphatic carbocycles. The number of aliphatic imine (C=N–C) groups is 1. The zero-order valence-electron chi connectivity index (χ0n) is 15.4. The van der Waals surface area contributed by atoms with E-state index in [0.29, 0.717) is 6.10 Å². The fraction of sp³-hybridized carbons (Fsp3) is 0.632. The van der Waals surface area contributed by atoms with Crippen LogP contribution in [0.25, 0.3) is 0 Å². The molecule has 0 saturated carbocycles. The number of guanidine groups is 1. The lowest BCUT2D eigenvalue weighted by molar-refractivity contribution is 0.129. The van der Waals surface area contributed by atoms with Gasteiger partial charge in [-0.2, -0.15) is 0 Å². The van der Waals surface area contributed by atoms with Gasteiger partial charge in [-0.15, -0.1) is 24.0 Å². The second kappa shape index (κ2) is 13.2. The van der Waals surface area contributed by atoms with Crippen molar-refractivity contribution in [3.63, 3.8) is 0 Å². The molecule has 0 aromatic heterocycles. The first kappa shape index (κ1) is 22.0. The zero-order chi connectivity index (χ0) is 17.0. The molecule has 25 heavy (non-hydrogen) atoms. The van der Waals surface area contributed by atoms with Crippen LogP contribution in [0.2, 0.25) is 0 Å². The Labute approximate surface area is 169 Å². The lowest BCUT2D eigenvalue weighted by Gasteiger charge is -2.34. The minimum absolute atomic E-state index is 0. The van der Waals surface area contributed by atoms with Gasteiger partial charge in [-0.25, -0.2) is 0 Å². The average molecular weight is 461 g/mol. The van der Waals surface area contributed by atoms with Crippen molar-refractivity contribution in [2.24, 2.45) is 4.99 Å². The molecular formula is C19H32IN3O2. The van der Waals surface area contributed by atoms with E-state index in [-0.39, 0.29) is 24.0 Å². The Kier molecular flexibility index (Phi) is 11.6. The highest BCUT2D eigenvalue weighted by molar-refractivity contribution is 14.0. The van der Waals surface area contributed by atoms with E-state index in [2.05, 4.69) is 17.1 Å². The number of ether oxygens (including phenoxy) is 2. The van der Waals surface area contributed by atoms with Gasteiger partial charge in [0, 0.05) is 52.2 Å². The second-order valence-corrected chi connectivity index (χ2v) is 5.90. The number of hydrogen-bond acceptors (Lipinski definition) is 3. The summed E-state index contributed by atoms with van der Waals surface area (Å²) in [6.07, 6.45) is 3.32. The van der Waals surface area contributed by atoms with Crippen molar-refractivity contribution >= 4 is 29.9 Å². The molecule has 1 aromatic rings. The van der Waals surface area contributed by atoms with Gasteiger partial charge in [-0.1, -0.05) is 18.2 Å². The van der Waals surface area contributed by atoms with E-state index in [1.54, 1.807) is 0 Å². The average Bonchev–Trinajstić information content (AvgIpc) is 2.62. The van der Waals surface area contributed by atoms with Crippen molar-refractivity contribution in [2.75, 3.05) is 39.4 Å². The Bertz CT molecular complexity index is 477. The molecule has 1 aliphatic heterocycles. The number of hydrogen-bond donors (Lipinski definition) is 1. The van der Waals surface area contributed by atoms with Crippen LogP contribution in [-0.4, -0.2) is 56.4 Å². The number of halogens is 1. The SMILES string of the molecule is CCNC(=NCCCOCC)N1CCC(Oc2ccccc2)CC1.I. The molecular weight excluding hydrogens is 429 g/mol. The highest BCUT2D eigenvalue weighted by Gasteiger charge is 2.22. The third-order valence-corrected chi connectivity index (χ3v) is 4.03. The van der Waals surface area contributed by atoms with E-state index in [0.717, 1.165) is 70.4 Å². The Hall–Kier alpha value is -1.02. The topological polar surface area (TPSA) is 46.1 Å². The van der Waals surface area contributed by atoms with Crippen LogP contribution in [0.15, 0.2) is 35.3 Å². The normalized spacial score (nSPS) is 15.6. The fourth-order valence-electron chi connectivity index (χ4n) is 2.80. The molecule has 0 unspecified atom stereocenters. The maximum atomic E-state index is 6.07. The van der Waals surface area contributed by atoms with Gasteiger partial charge >= 0.3 is 0 Å². The molecule has 1 N–H and O–H groups in total. The van der Waals surface area contributed by atoms with Crippen LogP contribution in [0.1, 0.15) is 33.1 Å². The number of rotatable bonds is 8. The van der Waals surface area contributed by atoms with Crippen molar-refractivity contribution in [2.45, 2.75) is 39.2 Å². The summed E-state index contributed by atoms with van der Waals surface area (Å²) in [4.78, 5) is 7.07. The molecule has 0 radical (unpaired) electrons. The summed E-state index contributed by atoms with van der Waals surface area (Å²) in [5.41, 5.74) is 0. The van der Waals surface area contributed by atoms with Crippen molar-refractivity contribution in [3.8, 4) is 5.75 Å². The summed E-state index contributed by atoms with van der Waals surface area (Å²) in [5.74, 6) is 1.99. The summed E-state index contributed by atoms with van der Waals surface area (Å²) >= 11 is 0. The number of para-hydroxylation sites is 1. The number of nitrogens with zero attached hydrogens (tertiary/aromatic N) is 2. The van der Waals surface area contributed by atoms with Gasteiger partial charge in [0.2, 0.25) is 0 Å². The summed E-state index contributed by atoms with van der Waals surface area (Å²) in [7, 11) is 0. The Morgan fingerprint density at radius 3 is 2.56 bits per heavy atom. The van der Waals surface area contributed by atoms with Gasteiger partial charge in [0.25, 0.3) is 0 Å². The monoisotopic (exact) mass is 461 g/mol. The van der Waals surface area contributed by atoms with Crippen LogP contribution in [-0.2, 0) is 4.74 Å². The minimum Gasteiger partial charge on any atom is -0.490 e. The molecule has 0 spiro atoms. The Balaban J connectivity index is 0.00000312. The van der Waals surface area contributed by atoms with E-state index >= 15 is 0 Å². The fourth-order valence-corrected chi connectivity index (χ4v) is 2.80. The standard InChI is InChI=1S/C19H31N3O2.HI/c1-3-20-19(21-13-8-16-23-4-2)22-14-11-18(12-15-22)24-17-9-6-5-7-10-17;/h5-7,9-10,18H,3-4,8,11-16H2,1-2H3,(H,20,21);1H. The van der Waals surface area contributed by atoms with Gasteiger partial charge in [0.15, 0.2) is 5.96 Å². The summed E-state index contributed by atoms with van der Waals surface area (Å²) in [6, 6.07) is 10.1. The molecule has 0 atom stereocenters. The maximum absolute atomic E-state index is 6.07. The van der Waals surface area contributed by atoms with Crippen LogP contribution in [0.3, 0.4) is 0 Å². The van der Waals surface area contributed by atoms with E-state index in [1.807, 2.05) is 37.3 Å². The van der Waals surface area contributed by atoms with Crippen molar-refractivity contribution in [3.05, 3.63) is 30.3 Å². The quantitative estimate of drug-likeness (QED) is 0.279. The third-order valence-electron chi connectivity index (χ3n) is 4.03. The zero-order valence-corrected chi connectivity index (χ0v) is 17.8.